The third-order valence-electron chi connectivity index (χ3n) is 3.12. The Hall–Kier alpha value is -0.640. The molecule has 4 heteroatoms. The van der Waals surface area contributed by atoms with Gasteiger partial charge in [0, 0.05) is 6.54 Å². The molecule has 0 aromatic rings. The average Bonchev–Trinajstić information content (AvgIpc) is 2.12. The summed E-state index contributed by atoms with van der Waals surface area (Å²) in [6.45, 7) is 4.95. The minimum absolute atomic E-state index is 0.0292. The number of amides is 1. The fourth-order valence-electron chi connectivity index (χ4n) is 2.18. The summed E-state index contributed by atoms with van der Waals surface area (Å²) >= 11 is 5.01. The Kier molecular flexibility index (Phi) is 4.08. The topological polar surface area (TPSA) is 55.1 Å². The molecule has 0 spiro atoms. The monoisotopic (exact) mass is 228 g/mol. The molecule has 0 aromatic carbocycles. The van der Waals surface area contributed by atoms with Crippen LogP contribution in [0.5, 0.6) is 0 Å². The van der Waals surface area contributed by atoms with Gasteiger partial charge in [-0.25, -0.2) is 0 Å². The Morgan fingerprint density at radius 1 is 1.60 bits per heavy atom. The van der Waals surface area contributed by atoms with E-state index in [2.05, 4.69) is 19.2 Å². The normalized spacial score (nSPS) is 29.3. The summed E-state index contributed by atoms with van der Waals surface area (Å²) in [7, 11) is 0. The molecule has 3 nitrogen and oxygen atoms in total. The van der Waals surface area contributed by atoms with Crippen molar-refractivity contribution < 1.29 is 4.79 Å². The van der Waals surface area contributed by atoms with Gasteiger partial charge in [-0.15, -0.1) is 0 Å². The lowest BCUT2D eigenvalue weighted by Gasteiger charge is -2.44. The van der Waals surface area contributed by atoms with Crippen LogP contribution in [0.2, 0.25) is 0 Å². The zero-order valence-electron chi connectivity index (χ0n) is 9.51. The Morgan fingerprint density at radius 2 is 2.20 bits per heavy atom. The molecule has 3 N–H and O–H groups in total. The van der Waals surface area contributed by atoms with E-state index in [0.717, 1.165) is 32.2 Å². The molecular weight excluding hydrogens is 208 g/mol. The highest BCUT2D eigenvalue weighted by Gasteiger charge is 2.50. The molecule has 1 saturated carbocycles. The van der Waals surface area contributed by atoms with Crippen molar-refractivity contribution in [3.8, 4) is 0 Å². The lowest BCUT2D eigenvalue weighted by Crippen LogP contribution is -2.56. The van der Waals surface area contributed by atoms with Gasteiger partial charge in [0.25, 0.3) is 0 Å². The molecule has 1 rings (SSSR count). The number of unbranched alkanes of at least 4 members (excludes halogenated alkanes) is 1. The number of carbonyl (C=O) groups excluding carboxylic acids is 1. The summed E-state index contributed by atoms with van der Waals surface area (Å²) in [5.41, 5.74) is 5.13. The summed E-state index contributed by atoms with van der Waals surface area (Å²) in [6.07, 6.45) is 3.70. The zero-order chi connectivity index (χ0) is 11.5. The maximum atomic E-state index is 11.9. The first-order valence-electron chi connectivity index (χ1n) is 5.61. The van der Waals surface area contributed by atoms with E-state index in [-0.39, 0.29) is 5.91 Å². The van der Waals surface area contributed by atoms with Crippen molar-refractivity contribution in [1.82, 2.24) is 5.32 Å². The number of hydrogen-bond donors (Lipinski definition) is 2. The molecule has 0 aromatic heterocycles. The van der Waals surface area contributed by atoms with Crippen LogP contribution in [-0.2, 0) is 4.79 Å². The second kappa shape index (κ2) is 4.92. The zero-order valence-corrected chi connectivity index (χ0v) is 10.3. The Balaban J connectivity index is 2.51. The highest BCUT2D eigenvalue weighted by atomic mass is 32.1. The standard InChI is InChI=1S/C11H20N2OS/c1-3-4-5-13-10(14)11(9(12)15)6-8(2)7-11/h8H,3-7H2,1-2H3,(H2,12,15)(H,13,14). The van der Waals surface area contributed by atoms with E-state index in [1.807, 2.05) is 0 Å². The maximum absolute atomic E-state index is 11.9. The molecule has 1 amide bonds. The number of hydrogen-bond acceptors (Lipinski definition) is 2. The van der Waals surface area contributed by atoms with E-state index < -0.39 is 5.41 Å². The Bertz CT molecular complexity index is 259. The largest absolute Gasteiger partial charge is 0.392 e. The summed E-state index contributed by atoms with van der Waals surface area (Å²) in [6, 6.07) is 0. The number of rotatable bonds is 5. The number of thiocarbonyl (C=S) groups is 1. The van der Waals surface area contributed by atoms with Crippen molar-refractivity contribution in [3.63, 3.8) is 0 Å². The van der Waals surface area contributed by atoms with E-state index >= 15 is 0 Å². The molecule has 0 atom stereocenters. The van der Waals surface area contributed by atoms with Gasteiger partial charge in [-0.05, 0) is 25.2 Å². The van der Waals surface area contributed by atoms with Crippen molar-refractivity contribution in [2.45, 2.75) is 39.5 Å². The van der Waals surface area contributed by atoms with Crippen LogP contribution in [0.3, 0.4) is 0 Å². The molecule has 0 aliphatic heterocycles. The van der Waals surface area contributed by atoms with Gasteiger partial charge in [-0.3, -0.25) is 4.79 Å². The first-order valence-corrected chi connectivity index (χ1v) is 6.02. The molecular formula is C11H20N2OS. The molecule has 0 radical (unpaired) electrons. The molecule has 86 valence electrons. The van der Waals surface area contributed by atoms with Crippen LogP contribution in [0.25, 0.3) is 0 Å². The molecule has 1 aliphatic carbocycles. The fourth-order valence-corrected chi connectivity index (χ4v) is 2.44. The quantitative estimate of drug-likeness (QED) is 0.555. The lowest BCUT2D eigenvalue weighted by molar-refractivity contribution is -0.132. The van der Waals surface area contributed by atoms with Crippen LogP contribution < -0.4 is 11.1 Å². The van der Waals surface area contributed by atoms with Gasteiger partial charge in [0.1, 0.15) is 0 Å². The van der Waals surface area contributed by atoms with E-state index in [4.69, 9.17) is 18.0 Å². The van der Waals surface area contributed by atoms with Crippen LogP contribution in [0, 0.1) is 11.3 Å². The number of carbonyl (C=O) groups is 1. The fraction of sp³-hybridized carbons (Fsp3) is 0.818. The van der Waals surface area contributed by atoms with Crippen molar-refractivity contribution in [3.05, 3.63) is 0 Å². The van der Waals surface area contributed by atoms with Crippen LogP contribution in [0.1, 0.15) is 39.5 Å². The molecule has 0 heterocycles. The predicted molar refractivity (Wildman–Crippen MR) is 65.5 cm³/mol. The number of nitrogens with two attached hydrogens (primary N) is 1. The van der Waals surface area contributed by atoms with Crippen molar-refractivity contribution in [1.29, 1.82) is 0 Å². The summed E-state index contributed by atoms with van der Waals surface area (Å²) in [5.74, 6) is 0.588. The van der Waals surface area contributed by atoms with E-state index in [0.29, 0.717) is 10.9 Å². The molecule has 0 unspecified atom stereocenters. The molecule has 1 fully saturated rings. The predicted octanol–water partition coefficient (Wildman–Crippen LogP) is 1.61. The Labute approximate surface area is 96.8 Å². The first-order chi connectivity index (χ1) is 7.03. The van der Waals surface area contributed by atoms with Crippen molar-refractivity contribution in [2.24, 2.45) is 17.1 Å². The molecule has 0 saturated heterocycles. The summed E-state index contributed by atoms with van der Waals surface area (Å²) in [5, 5.41) is 2.92. The maximum Gasteiger partial charge on any atom is 0.233 e. The molecule has 1 aliphatic rings. The molecule has 0 bridgehead atoms. The summed E-state index contributed by atoms with van der Waals surface area (Å²) in [4.78, 5) is 12.3. The highest BCUT2D eigenvalue weighted by molar-refractivity contribution is 7.80. The number of nitrogens with one attached hydrogen (secondary N) is 1. The van der Waals surface area contributed by atoms with Crippen LogP contribution in [0.4, 0.5) is 0 Å². The van der Waals surface area contributed by atoms with Crippen molar-refractivity contribution >= 4 is 23.1 Å². The van der Waals surface area contributed by atoms with Crippen LogP contribution >= 0.6 is 12.2 Å². The third kappa shape index (κ3) is 2.48. The SMILES string of the molecule is CCCCNC(=O)C1(C(N)=S)CC(C)C1. The summed E-state index contributed by atoms with van der Waals surface area (Å²) < 4.78 is 0. The van der Waals surface area contributed by atoms with Gasteiger partial charge in [-0.2, -0.15) is 0 Å². The van der Waals surface area contributed by atoms with E-state index in [1.54, 1.807) is 0 Å². The minimum Gasteiger partial charge on any atom is -0.392 e. The Morgan fingerprint density at radius 3 is 2.60 bits per heavy atom. The van der Waals surface area contributed by atoms with Gasteiger partial charge < -0.3 is 11.1 Å². The smallest absolute Gasteiger partial charge is 0.233 e. The van der Waals surface area contributed by atoms with Gasteiger partial charge in [0.2, 0.25) is 5.91 Å². The van der Waals surface area contributed by atoms with Gasteiger partial charge in [-0.1, -0.05) is 32.5 Å². The molecule has 15 heavy (non-hydrogen) atoms. The first kappa shape index (κ1) is 12.4. The second-order valence-electron chi connectivity index (χ2n) is 4.57. The van der Waals surface area contributed by atoms with Gasteiger partial charge in [0.05, 0.1) is 10.4 Å². The van der Waals surface area contributed by atoms with Gasteiger partial charge >= 0.3 is 0 Å². The van der Waals surface area contributed by atoms with Crippen molar-refractivity contribution in [2.75, 3.05) is 6.54 Å². The lowest BCUT2D eigenvalue weighted by atomic mass is 9.62. The van der Waals surface area contributed by atoms with E-state index in [1.165, 1.54) is 0 Å². The van der Waals surface area contributed by atoms with Gasteiger partial charge in [0.15, 0.2) is 0 Å². The minimum atomic E-state index is -0.539. The third-order valence-corrected chi connectivity index (χ3v) is 3.51. The van der Waals surface area contributed by atoms with E-state index in [9.17, 15) is 4.79 Å². The average molecular weight is 228 g/mol. The van der Waals surface area contributed by atoms with Crippen LogP contribution in [-0.4, -0.2) is 17.4 Å². The van der Waals surface area contributed by atoms with Crippen LogP contribution in [0.15, 0.2) is 0 Å². The highest BCUT2D eigenvalue weighted by Crippen LogP contribution is 2.45. The second-order valence-corrected chi connectivity index (χ2v) is 5.01.